The minimum absolute atomic E-state index is 0.0982. The molecule has 0 saturated carbocycles. The summed E-state index contributed by atoms with van der Waals surface area (Å²) in [4.78, 5) is 24.3. The lowest BCUT2D eigenvalue weighted by atomic mass is 10.1. The maximum atomic E-state index is 12.4. The van der Waals surface area contributed by atoms with Gasteiger partial charge < -0.3 is 19.3 Å². The van der Waals surface area contributed by atoms with Crippen LogP contribution in [0, 0.1) is 0 Å². The first-order valence-corrected chi connectivity index (χ1v) is 13.5. The molecule has 2 aromatic rings. The van der Waals surface area contributed by atoms with Crippen molar-refractivity contribution < 1.29 is 23.5 Å². The van der Waals surface area contributed by atoms with Crippen molar-refractivity contribution in [2.75, 3.05) is 40.3 Å². The van der Waals surface area contributed by atoms with Crippen LogP contribution in [0.5, 0.6) is 17.2 Å². The Labute approximate surface area is 223 Å². The van der Waals surface area contributed by atoms with Crippen LogP contribution in [0.3, 0.4) is 0 Å². The number of amides is 1. The highest BCUT2D eigenvalue weighted by Gasteiger charge is 2.20. The lowest BCUT2D eigenvalue weighted by Crippen LogP contribution is -2.48. The minimum atomic E-state index is 0.0982. The third-order valence-electron chi connectivity index (χ3n) is 6.23. The highest BCUT2D eigenvalue weighted by molar-refractivity contribution is 5.95. The van der Waals surface area contributed by atoms with Crippen molar-refractivity contribution >= 4 is 11.7 Å². The Morgan fingerprint density at radius 2 is 1.76 bits per heavy atom. The van der Waals surface area contributed by atoms with E-state index in [1.807, 2.05) is 43.3 Å². The van der Waals surface area contributed by atoms with Gasteiger partial charge in [-0.05, 0) is 43.2 Å². The molecule has 0 aliphatic heterocycles. The number of nitrogens with one attached hydrogen (secondary N) is 1. The van der Waals surface area contributed by atoms with Gasteiger partial charge in [0.15, 0.2) is 23.8 Å². The van der Waals surface area contributed by atoms with Gasteiger partial charge in [0.05, 0.1) is 27.2 Å². The summed E-state index contributed by atoms with van der Waals surface area (Å²) in [5, 5.41) is 3.05. The number of Topliss-reactive ketones (excluding diaryl/α,β-unsaturated/α-hetero) is 1. The molecule has 2 aromatic carbocycles. The number of hydrogen-bond acceptors (Lipinski definition) is 4. The van der Waals surface area contributed by atoms with Gasteiger partial charge in [0.2, 0.25) is 0 Å². The van der Waals surface area contributed by atoms with Crippen molar-refractivity contribution in [2.45, 2.75) is 58.8 Å². The molecule has 0 aliphatic rings. The molecular weight excluding hydrogens is 464 g/mol. The number of ether oxygens (including phenoxy) is 2. The van der Waals surface area contributed by atoms with Gasteiger partial charge in [-0.1, -0.05) is 51.3 Å². The highest BCUT2D eigenvalue weighted by Crippen LogP contribution is 2.35. The fourth-order valence-corrected chi connectivity index (χ4v) is 4.13. The van der Waals surface area contributed by atoms with Crippen molar-refractivity contribution in [3.63, 3.8) is 0 Å². The Balaban J connectivity index is 1.94. The molecule has 0 spiro atoms. The summed E-state index contributed by atoms with van der Waals surface area (Å²) in [7, 11) is 4.15. The molecule has 6 nitrogen and oxygen atoms in total. The van der Waals surface area contributed by atoms with E-state index in [0.29, 0.717) is 53.3 Å². The topological polar surface area (TPSA) is 64.6 Å². The van der Waals surface area contributed by atoms with Crippen LogP contribution in [0.2, 0.25) is 0 Å². The number of benzene rings is 2. The summed E-state index contributed by atoms with van der Waals surface area (Å²) in [5.41, 5.74) is 1.68. The number of quaternary nitrogens is 1. The van der Waals surface area contributed by atoms with Crippen molar-refractivity contribution in [3.8, 4) is 17.2 Å². The Bertz CT molecular complexity index is 999. The number of allylic oxidation sites excluding steroid dienone is 1. The summed E-state index contributed by atoms with van der Waals surface area (Å²) < 4.78 is 13.0. The number of likely N-dealkylation sites (N-methyl/N-ethyl adjacent to an activating group) is 1. The van der Waals surface area contributed by atoms with E-state index in [-0.39, 0.29) is 11.7 Å². The minimum Gasteiger partial charge on any atom is -0.489 e. The fraction of sp³-hybridized carbons (Fsp3) is 0.484. The molecule has 0 unspecified atom stereocenters. The molecule has 1 amide bonds. The van der Waals surface area contributed by atoms with Gasteiger partial charge >= 0.3 is 0 Å². The zero-order valence-electron chi connectivity index (χ0n) is 23.2. The highest BCUT2D eigenvalue weighted by atomic mass is 16.5. The Morgan fingerprint density at radius 1 is 1.00 bits per heavy atom. The van der Waals surface area contributed by atoms with Gasteiger partial charge in [0.25, 0.3) is 5.91 Å². The summed E-state index contributed by atoms with van der Waals surface area (Å²) in [5.74, 6) is 2.18. The monoisotopic (exact) mass is 509 g/mol. The number of nitrogens with zero attached hydrogens (tertiary/aromatic N) is 1. The van der Waals surface area contributed by atoms with Crippen LogP contribution in [0.1, 0.15) is 68.3 Å². The van der Waals surface area contributed by atoms with Gasteiger partial charge in [0.1, 0.15) is 5.75 Å². The first-order valence-electron chi connectivity index (χ1n) is 13.5. The SMILES string of the molecule is C=CCc1cccc(Oc2ccc(C(=O)CC)cc2)c1OCCC[N+](C)(C)CC(=O)NCCCCCC. The molecule has 37 heavy (non-hydrogen) atoms. The molecule has 0 aliphatic carbocycles. The number of hydrogen-bond donors (Lipinski definition) is 1. The summed E-state index contributed by atoms with van der Waals surface area (Å²) >= 11 is 0. The van der Waals surface area contributed by atoms with Crippen LogP contribution in [-0.4, -0.2) is 56.5 Å². The molecule has 6 heteroatoms. The first kappa shape index (κ1) is 30.1. The van der Waals surface area contributed by atoms with Crippen LogP contribution in [0.4, 0.5) is 0 Å². The lowest BCUT2D eigenvalue weighted by Gasteiger charge is -2.29. The number of carbonyl (C=O) groups is 2. The Morgan fingerprint density at radius 3 is 2.43 bits per heavy atom. The lowest BCUT2D eigenvalue weighted by molar-refractivity contribution is -0.882. The van der Waals surface area contributed by atoms with Gasteiger partial charge in [0, 0.05) is 30.5 Å². The zero-order chi connectivity index (χ0) is 27.1. The third-order valence-corrected chi connectivity index (χ3v) is 6.23. The van der Waals surface area contributed by atoms with Crippen LogP contribution in [0.25, 0.3) is 0 Å². The van der Waals surface area contributed by atoms with Gasteiger partial charge in [-0.15, -0.1) is 6.58 Å². The molecule has 0 bridgehead atoms. The van der Waals surface area contributed by atoms with E-state index in [1.54, 1.807) is 12.1 Å². The predicted octanol–water partition coefficient (Wildman–Crippen LogP) is 6.34. The smallest absolute Gasteiger partial charge is 0.275 e. The molecule has 0 atom stereocenters. The van der Waals surface area contributed by atoms with Gasteiger partial charge in [-0.3, -0.25) is 9.59 Å². The van der Waals surface area contributed by atoms with Crippen molar-refractivity contribution in [1.29, 1.82) is 0 Å². The third kappa shape index (κ3) is 10.8. The molecular formula is C31H45N2O4+. The number of unbranched alkanes of at least 4 members (excludes halogenated alkanes) is 3. The maximum Gasteiger partial charge on any atom is 0.275 e. The normalized spacial score (nSPS) is 11.1. The van der Waals surface area contributed by atoms with Crippen molar-refractivity contribution in [3.05, 3.63) is 66.2 Å². The molecule has 2 rings (SSSR count). The molecule has 0 aromatic heterocycles. The maximum absolute atomic E-state index is 12.4. The average molecular weight is 510 g/mol. The van der Waals surface area contributed by atoms with E-state index >= 15 is 0 Å². The second-order valence-electron chi connectivity index (χ2n) is 10.1. The molecule has 0 fully saturated rings. The van der Waals surface area contributed by atoms with Crippen molar-refractivity contribution in [1.82, 2.24) is 5.32 Å². The summed E-state index contributed by atoms with van der Waals surface area (Å²) in [6, 6.07) is 13.0. The summed E-state index contributed by atoms with van der Waals surface area (Å²) in [6.45, 7) is 10.4. The average Bonchev–Trinajstić information content (AvgIpc) is 2.87. The predicted molar refractivity (Wildman–Crippen MR) is 151 cm³/mol. The molecule has 0 saturated heterocycles. The molecule has 202 valence electrons. The molecule has 0 heterocycles. The molecule has 1 N–H and O–H groups in total. The van der Waals surface area contributed by atoms with E-state index in [2.05, 4.69) is 32.9 Å². The van der Waals surface area contributed by atoms with Crippen molar-refractivity contribution in [2.24, 2.45) is 0 Å². The summed E-state index contributed by atoms with van der Waals surface area (Å²) in [6.07, 6.45) is 8.39. The second-order valence-corrected chi connectivity index (χ2v) is 10.1. The standard InChI is InChI=1S/C31H44N2O4/c1-6-9-10-11-21-32-30(35)24-33(4,5)22-13-23-36-31-26(14-7-2)15-12-16-29(31)37-27-19-17-25(18-20-27)28(34)8-3/h7,12,15-20H,2,6,8-11,13-14,21-24H2,1,3-5H3/p+1. The Kier molecular flexibility index (Phi) is 12.9. The fourth-order valence-electron chi connectivity index (χ4n) is 4.13. The number of rotatable bonds is 18. The van der Waals surface area contributed by atoms with E-state index in [1.165, 1.54) is 12.8 Å². The largest absolute Gasteiger partial charge is 0.489 e. The second kappa shape index (κ2) is 15.9. The number of carbonyl (C=O) groups excluding carboxylic acids is 2. The number of para-hydroxylation sites is 1. The van der Waals surface area contributed by atoms with E-state index in [4.69, 9.17) is 9.47 Å². The van der Waals surface area contributed by atoms with E-state index in [9.17, 15) is 9.59 Å². The van der Waals surface area contributed by atoms with Gasteiger partial charge in [-0.25, -0.2) is 0 Å². The molecule has 0 radical (unpaired) electrons. The van der Waals surface area contributed by atoms with Crippen LogP contribution in [-0.2, 0) is 11.2 Å². The first-order chi connectivity index (χ1) is 17.8. The van der Waals surface area contributed by atoms with Crippen LogP contribution >= 0.6 is 0 Å². The van der Waals surface area contributed by atoms with E-state index in [0.717, 1.165) is 37.9 Å². The Hall–Kier alpha value is -3.12. The quantitative estimate of drug-likeness (QED) is 0.110. The van der Waals surface area contributed by atoms with Crippen LogP contribution in [0.15, 0.2) is 55.1 Å². The van der Waals surface area contributed by atoms with Crippen LogP contribution < -0.4 is 14.8 Å². The zero-order valence-corrected chi connectivity index (χ0v) is 23.2. The van der Waals surface area contributed by atoms with E-state index < -0.39 is 0 Å². The number of ketones is 1. The van der Waals surface area contributed by atoms with Gasteiger partial charge in [-0.2, -0.15) is 0 Å².